The summed E-state index contributed by atoms with van der Waals surface area (Å²) in [6.07, 6.45) is 0.805. The van der Waals surface area contributed by atoms with Crippen LogP contribution in [0.25, 0.3) is 0 Å². The Morgan fingerprint density at radius 3 is 2.44 bits per heavy atom. The van der Waals surface area contributed by atoms with Crippen molar-refractivity contribution >= 4 is 11.6 Å². The van der Waals surface area contributed by atoms with Crippen LogP contribution in [-0.4, -0.2) is 25.3 Å². The van der Waals surface area contributed by atoms with Crippen molar-refractivity contribution in [1.29, 1.82) is 0 Å². The number of benzene rings is 1. The molecule has 0 aromatic heterocycles. The topological polar surface area (TPSA) is 59.9 Å². The van der Waals surface area contributed by atoms with E-state index in [4.69, 9.17) is 9.47 Å². The Hall–Kier alpha value is -2.04. The quantitative estimate of drug-likeness (QED) is 0.620. The summed E-state index contributed by atoms with van der Waals surface area (Å²) in [4.78, 5) is 11.4. The predicted octanol–water partition coefficient (Wildman–Crippen LogP) is 1.98. The molecule has 0 aliphatic carbocycles. The molecular formula is C13H18N2O3. The van der Waals surface area contributed by atoms with Gasteiger partial charge in [0, 0.05) is 5.71 Å². The van der Waals surface area contributed by atoms with Crippen LogP contribution in [0.3, 0.4) is 0 Å². The van der Waals surface area contributed by atoms with Gasteiger partial charge < -0.3 is 9.47 Å². The Morgan fingerprint density at radius 2 is 1.89 bits per heavy atom. The Kier molecular flexibility index (Phi) is 5.70. The highest BCUT2D eigenvalue weighted by Crippen LogP contribution is 2.16. The largest absolute Gasteiger partial charge is 0.497 e. The van der Waals surface area contributed by atoms with E-state index in [9.17, 15) is 4.79 Å². The van der Waals surface area contributed by atoms with Crippen LogP contribution < -0.4 is 14.9 Å². The first-order chi connectivity index (χ1) is 8.65. The molecule has 0 aliphatic heterocycles. The minimum Gasteiger partial charge on any atom is -0.497 e. The minimum atomic E-state index is -0.279. The van der Waals surface area contributed by atoms with Gasteiger partial charge in [-0.2, -0.15) is 5.10 Å². The number of ether oxygens (including phenoxy) is 2. The van der Waals surface area contributed by atoms with E-state index in [0.717, 1.165) is 17.9 Å². The molecule has 0 atom stereocenters. The molecule has 0 saturated carbocycles. The van der Waals surface area contributed by atoms with Gasteiger partial charge >= 0.3 is 0 Å². The number of carbonyl (C=O) groups is 1. The van der Waals surface area contributed by atoms with Crippen LogP contribution >= 0.6 is 0 Å². The number of nitrogens with zero attached hydrogens (tertiary/aromatic N) is 1. The molecule has 0 unspecified atom stereocenters. The third-order valence-corrected chi connectivity index (χ3v) is 2.31. The van der Waals surface area contributed by atoms with Crippen LogP contribution in [0.4, 0.5) is 0 Å². The van der Waals surface area contributed by atoms with Crippen molar-refractivity contribution < 1.29 is 14.3 Å². The number of carbonyl (C=O) groups excluding carboxylic acids is 1. The molecule has 98 valence electrons. The molecule has 1 rings (SSSR count). The van der Waals surface area contributed by atoms with Crippen LogP contribution in [0.1, 0.15) is 20.3 Å². The third-order valence-electron chi connectivity index (χ3n) is 2.31. The van der Waals surface area contributed by atoms with Crippen LogP contribution in [0.5, 0.6) is 11.5 Å². The van der Waals surface area contributed by atoms with E-state index in [-0.39, 0.29) is 12.5 Å². The lowest BCUT2D eigenvalue weighted by Crippen LogP contribution is -2.25. The smallest absolute Gasteiger partial charge is 0.277 e. The SMILES string of the molecule is CCC(C)=NNC(=O)COc1ccc(OC)cc1. The van der Waals surface area contributed by atoms with Gasteiger partial charge in [-0.15, -0.1) is 0 Å². The maximum Gasteiger partial charge on any atom is 0.277 e. The molecule has 0 radical (unpaired) electrons. The summed E-state index contributed by atoms with van der Waals surface area (Å²) in [7, 11) is 1.59. The number of amides is 1. The van der Waals surface area contributed by atoms with E-state index >= 15 is 0 Å². The molecule has 18 heavy (non-hydrogen) atoms. The summed E-state index contributed by atoms with van der Waals surface area (Å²) in [5.41, 5.74) is 3.29. The fraction of sp³-hybridized carbons (Fsp3) is 0.385. The van der Waals surface area contributed by atoms with Gasteiger partial charge in [0.05, 0.1) is 7.11 Å². The Balaban J connectivity index is 2.37. The van der Waals surface area contributed by atoms with Gasteiger partial charge in [-0.3, -0.25) is 4.79 Å². The Labute approximate surface area is 107 Å². The molecule has 0 bridgehead atoms. The average Bonchev–Trinajstić information content (AvgIpc) is 2.42. The Morgan fingerprint density at radius 1 is 1.28 bits per heavy atom. The van der Waals surface area contributed by atoms with Crippen molar-refractivity contribution in [3.8, 4) is 11.5 Å². The van der Waals surface area contributed by atoms with Gasteiger partial charge in [0.1, 0.15) is 11.5 Å². The van der Waals surface area contributed by atoms with Gasteiger partial charge in [-0.05, 0) is 37.6 Å². The molecule has 0 saturated heterocycles. The summed E-state index contributed by atoms with van der Waals surface area (Å²) < 4.78 is 10.3. The standard InChI is InChI=1S/C13H18N2O3/c1-4-10(2)14-15-13(16)9-18-12-7-5-11(17-3)6-8-12/h5-8H,4,9H2,1-3H3,(H,15,16). The molecule has 0 spiro atoms. The molecule has 5 nitrogen and oxygen atoms in total. The second-order valence-corrected chi connectivity index (χ2v) is 3.70. The first kappa shape index (κ1) is 14.0. The van der Waals surface area contributed by atoms with Crippen LogP contribution in [-0.2, 0) is 4.79 Å². The van der Waals surface area contributed by atoms with Crippen molar-refractivity contribution in [3.63, 3.8) is 0 Å². The van der Waals surface area contributed by atoms with Crippen LogP contribution in [0.15, 0.2) is 29.4 Å². The van der Waals surface area contributed by atoms with E-state index in [1.807, 2.05) is 13.8 Å². The number of hydrogen-bond acceptors (Lipinski definition) is 4. The van der Waals surface area contributed by atoms with E-state index in [0.29, 0.717) is 5.75 Å². The monoisotopic (exact) mass is 250 g/mol. The first-order valence-corrected chi connectivity index (χ1v) is 5.74. The van der Waals surface area contributed by atoms with Crippen molar-refractivity contribution in [1.82, 2.24) is 5.43 Å². The highest BCUT2D eigenvalue weighted by Gasteiger charge is 2.01. The van der Waals surface area contributed by atoms with Gasteiger partial charge in [0.15, 0.2) is 6.61 Å². The second-order valence-electron chi connectivity index (χ2n) is 3.70. The van der Waals surface area contributed by atoms with Crippen molar-refractivity contribution in [2.45, 2.75) is 20.3 Å². The number of hydrazone groups is 1. The molecule has 0 aliphatic rings. The van der Waals surface area contributed by atoms with Gasteiger partial charge in [-0.1, -0.05) is 6.92 Å². The summed E-state index contributed by atoms with van der Waals surface area (Å²) in [6, 6.07) is 7.03. The molecule has 0 heterocycles. The first-order valence-electron chi connectivity index (χ1n) is 5.74. The molecule has 5 heteroatoms. The fourth-order valence-electron chi connectivity index (χ4n) is 1.09. The second kappa shape index (κ2) is 7.32. The highest BCUT2D eigenvalue weighted by molar-refractivity contribution is 5.84. The summed E-state index contributed by atoms with van der Waals surface area (Å²) in [5, 5.41) is 3.90. The van der Waals surface area contributed by atoms with Crippen molar-refractivity contribution in [3.05, 3.63) is 24.3 Å². The number of nitrogens with one attached hydrogen (secondary N) is 1. The van der Waals surface area contributed by atoms with Crippen LogP contribution in [0.2, 0.25) is 0 Å². The van der Waals surface area contributed by atoms with E-state index < -0.39 is 0 Å². The number of hydrogen-bond donors (Lipinski definition) is 1. The zero-order valence-corrected chi connectivity index (χ0v) is 10.9. The van der Waals surface area contributed by atoms with Gasteiger partial charge in [0.25, 0.3) is 5.91 Å². The summed E-state index contributed by atoms with van der Waals surface area (Å²) >= 11 is 0. The summed E-state index contributed by atoms with van der Waals surface area (Å²) in [6.45, 7) is 3.76. The average molecular weight is 250 g/mol. The lowest BCUT2D eigenvalue weighted by molar-refractivity contribution is -0.123. The maximum absolute atomic E-state index is 11.4. The summed E-state index contributed by atoms with van der Waals surface area (Å²) in [5.74, 6) is 1.08. The maximum atomic E-state index is 11.4. The lowest BCUT2D eigenvalue weighted by Gasteiger charge is -2.06. The number of rotatable bonds is 6. The van der Waals surface area contributed by atoms with E-state index in [1.165, 1.54) is 0 Å². The molecule has 1 N–H and O–H groups in total. The predicted molar refractivity (Wildman–Crippen MR) is 70.0 cm³/mol. The molecule has 1 aromatic carbocycles. The molecule has 0 fully saturated rings. The molecule has 1 aromatic rings. The van der Waals surface area contributed by atoms with Crippen LogP contribution in [0, 0.1) is 0 Å². The Bertz CT molecular complexity index is 413. The van der Waals surface area contributed by atoms with Gasteiger partial charge in [-0.25, -0.2) is 5.43 Å². The van der Waals surface area contributed by atoms with Gasteiger partial charge in [0.2, 0.25) is 0 Å². The highest BCUT2D eigenvalue weighted by atomic mass is 16.5. The zero-order valence-electron chi connectivity index (χ0n) is 10.9. The molecule has 1 amide bonds. The fourth-order valence-corrected chi connectivity index (χ4v) is 1.09. The molecular weight excluding hydrogens is 232 g/mol. The third kappa shape index (κ3) is 4.86. The van der Waals surface area contributed by atoms with E-state index in [1.54, 1.807) is 31.4 Å². The van der Waals surface area contributed by atoms with E-state index in [2.05, 4.69) is 10.5 Å². The van der Waals surface area contributed by atoms with Crippen molar-refractivity contribution in [2.75, 3.05) is 13.7 Å². The van der Waals surface area contributed by atoms with Crippen molar-refractivity contribution in [2.24, 2.45) is 5.10 Å². The number of methoxy groups -OCH3 is 1. The zero-order chi connectivity index (χ0) is 13.4. The lowest BCUT2D eigenvalue weighted by atomic mass is 10.3. The normalized spacial score (nSPS) is 10.9. The minimum absolute atomic E-state index is 0.0627.